The number of benzene rings is 3. The molecular formula is C26H19ClFN3O2S. The summed E-state index contributed by atoms with van der Waals surface area (Å²) in [5.74, 6) is -1.38. The van der Waals surface area contributed by atoms with Crippen molar-refractivity contribution in [3.8, 4) is 6.07 Å². The highest BCUT2D eigenvalue weighted by molar-refractivity contribution is 8.05. The fourth-order valence-electron chi connectivity index (χ4n) is 3.48. The van der Waals surface area contributed by atoms with Gasteiger partial charge in [-0.05, 0) is 67.4 Å². The van der Waals surface area contributed by atoms with Gasteiger partial charge in [-0.3, -0.25) is 14.5 Å². The quantitative estimate of drug-likeness (QED) is 0.359. The van der Waals surface area contributed by atoms with E-state index >= 15 is 0 Å². The molecule has 8 heteroatoms. The van der Waals surface area contributed by atoms with E-state index in [-0.39, 0.29) is 16.5 Å². The minimum absolute atomic E-state index is 0.205. The molecule has 0 aromatic heterocycles. The lowest BCUT2D eigenvalue weighted by Crippen LogP contribution is -2.30. The molecule has 1 atom stereocenters. The number of hydrogen-bond acceptors (Lipinski definition) is 4. The normalized spacial score (nSPS) is 16.8. The van der Waals surface area contributed by atoms with Crippen molar-refractivity contribution < 1.29 is 14.0 Å². The van der Waals surface area contributed by atoms with E-state index in [1.54, 1.807) is 24.3 Å². The van der Waals surface area contributed by atoms with Crippen LogP contribution in [0.3, 0.4) is 0 Å². The van der Waals surface area contributed by atoms with E-state index in [1.807, 2.05) is 37.3 Å². The number of halogens is 2. The van der Waals surface area contributed by atoms with Gasteiger partial charge < -0.3 is 5.32 Å². The van der Waals surface area contributed by atoms with Crippen molar-refractivity contribution >= 4 is 46.6 Å². The lowest BCUT2D eigenvalue weighted by molar-refractivity contribution is -0.117. The molecule has 1 unspecified atom stereocenters. The number of hydrogen-bond donors (Lipinski definition) is 1. The molecule has 2 amide bonds. The number of nitrogens with zero attached hydrogens (tertiary/aromatic N) is 2. The molecule has 0 spiro atoms. The van der Waals surface area contributed by atoms with Crippen LogP contribution in [0.25, 0.3) is 0 Å². The van der Waals surface area contributed by atoms with Gasteiger partial charge in [0.2, 0.25) is 5.91 Å². The van der Waals surface area contributed by atoms with Crippen molar-refractivity contribution in [2.75, 3.05) is 10.2 Å². The Hall–Kier alpha value is -3.60. The highest BCUT2D eigenvalue weighted by atomic mass is 35.5. The Morgan fingerprint density at radius 2 is 1.74 bits per heavy atom. The van der Waals surface area contributed by atoms with E-state index in [2.05, 4.69) is 5.32 Å². The molecule has 1 aliphatic heterocycles. The number of nitrogens with one attached hydrogen (secondary N) is 1. The van der Waals surface area contributed by atoms with E-state index in [0.29, 0.717) is 22.8 Å². The maximum atomic E-state index is 13.5. The SMILES string of the molecule is Cc1ccc(CC2S/C(=C(/C#N)C(=O)Nc3ccc(Cl)cc3)N(c3ccc(F)cc3)C2=O)cc1. The van der Waals surface area contributed by atoms with Gasteiger partial charge in [0.25, 0.3) is 5.91 Å². The van der Waals surface area contributed by atoms with Gasteiger partial charge in [-0.15, -0.1) is 0 Å². The molecule has 3 aromatic carbocycles. The van der Waals surface area contributed by atoms with Crippen molar-refractivity contribution in [1.82, 2.24) is 0 Å². The third kappa shape index (κ3) is 5.14. The van der Waals surface area contributed by atoms with Crippen molar-refractivity contribution in [3.63, 3.8) is 0 Å². The third-order valence-corrected chi connectivity index (χ3v) is 6.75. The summed E-state index contributed by atoms with van der Waals surface area (Å²) in [5.41, 5.74) is 2.70. The predicted octanol–water partition coefficient (Wildman–Crippen LogP) is 5.85. The van der Waals surface area contributed by atoms with Gasteiger partial charge in [-0.25, -0.2) is 4.39 Å². The maximum Gasteiger partial charge on any atom is 0.269 e. The Balaban J connectivity index is 1.71. The average Bonchev–Trinajstić information content (AvgIpc) is 3.13. The fraction of sp³-hybridized carbons (Fsp3) is 0.115. The van der Waals surface area contributed by atoms with Crippen LogP contribution in [0.1, 0.15) is 11.1 Å². The van der Waals surface area contributed by atoms with Crippen LogP contribution in [0.5, 0.6) is 0 Å². The number of thioether (sulfide) groups is 1. The van der Waals surface area contributed by atoms with E-state index in [1.165, 1.54) is 29.2 Å². The summed E-state index contributed by atoms with van der Waals surface area (Å²) >= 11 is 7.06. The van der Waals surface area contributed by atoms with Crippen molar-refractivity contribution in [2.45, 2.75) is 18.6 Å². The summed E-state index contributed by atoms with van der Waals surface area (Å²) < 4.78 is 13.5. The second-order valence-corrected chi connectivity index (χ2v) is 9.33. The summed E-state index contributed by atoms with van der Waals surface area (Å²) in [7, 11) is 0. The molecule has 1 N–H and O–H groups in total. The molecule has 1 saturated heterocycles. The summed E-state index contributed by atoms with van der Waals surface area (Å²) in [4.78, 5) is 27.8. The van der Waals surface area contributed by atoms with Crippen molar-refractivity contribution in [2.24, 2.45) is 0 Å². The van der Waals surface area contributed by atoms with Crippen LogP contribution in [0.15, 0.2) is 83.4 Å². The zero-order chi connectivity index (χ0) is 24.2. The van der Waals surface area contributed by atoms with E-state index in [4.69, 9.17) is 11.6 Å². The fourth-order valence-corrected chi connectivity index (χ4v) is 4.91. The number of aryl methyl sites for hydroxylation is 1. The zero-order valence-electron chi connectivity index (χ0n) is 18.1. The Morgan fingerprint density at radius 3 is 2.35 bits per heavy atom. The number of amides is 2. The van der Waals surface area contributed by atoms with Gasteiger partial charge in [-0.1, -0.05) is 53.2 Å². The van der Waals surface area contributed by atoms with E-state index < -0.39 is 17.0 Å². The first kappa shape index (κ1) is 23.6. The Kier molecular flexibility index (Phi) is 7.01. The summed E-state index contributed by atoms with van der Waals surface area (Å²) in [6, 6.07) is 21.6. The van der Waals surface area contributed by atoms with Crippen LogP contribution in [-0.4, -0.2) is 17.1 Å². The van der Waals surface area contributed by atoms with Gasteiger partial charge >= 0.3 is 0 Å². The van der Waals surface area contributed by atoms with Gasteiger partial charge in [0.15, 0.2) is 0 Å². The second-order valence-electron chi connectivity index (χ2n) is 7.70. The van der Waals surface area contributed by atoms with Gasteiger partial charge in [0.05, 0.1) is 5.25 Å². The lowest BCUT2D eigenvalue weighted by atomic mass is 10.1. The number of anilines is 2. The van der Waals surface area contributed by atoms with Crippen LogP contribution in [0.4, 0.5) is 15.8 Å². The third-order valence-electron chi connectivity index (χ3n) is 5.23. The largest absolute Gasteiger partial charge is 0.321 e. The van der Waals surface area contributed by atoms with E-state index in [9.17, 15) is 19.2 Å². The predicted molar refractivity (Wildman–Crippen MR) is 133 cm³/mol. The molecule has 1 heterocycles. The average molecular weight is 492 g/mol. The molecule has 0 aliphatic carbocycles. The molecule has 34 heavy (non-hydrogen) atoms. The van der Waals surface area contributed by atoms with Crippen LogP contribution in [0.2, 0.25) is 5.02 Å². The van der Waals surface area contributed by atoms with Gasteiger partial charge in [-0.2, -0.15) is 5.26 Å². The summed E-state index contributed by atoms with van der Waals surface area (Å²) in [5, 5.41) is 12.7. The topological polar surface area (TPSA) is 73.2 Å². The smallest absolute Gasteiger partial charge is 0.269 e. The van der Waals surface area contributed by atoms with E-state index in [0.717, 1.165) is 22.9 Å². The van der Waals surface area contributed by atoms with Gasteiger partial charge in [0, 0.05) is 16.4 Å². The molecule has 3 aromatic rings. The molecule has 0 radical (unpaired) electrons. The Bertz CT molecular complexity index is 1300. The first-order chi connectivity index (χ1) is 16.4. The zero-order valence-corrected chi connectivity index (χ0v) is 19.7. The second kappa shape index (κ2) is 10.1. The highest BCUT2D eigenvalue weighted by Crippen LogP contribution is 2.42. The van der Waals surface area contributed by atoms with Crippen LogP contribution in [-0.2, 0) is 16.0 Å². The molecule has 1 fully saturated rings. The van der Waals surface area contributed by atoms with Crippen LogP contribution < -0.4 is 10.2 Å². The van der Waals surface area contributed by atoms with Crippen molar-refractivity contribution in [3.05, 3.63) is 105 Å². The maximum absolute atomic E-state index is 13.5. The molecule has 170 valence electrons. The highest BCUT2D eigenvalue weighted by Gasteiger charge is 2.40. The molecule has 5 nitrogen and oxygen atoms in total. The number of nitriles is 1. The molecule has 0 saturated carbocycles. The van der Waals surface area contributed by atoms with Crippen LogP contribution in [0, 0.1) is 24.1 Å². The Morgan fingerprint density at radius 1 is 1.09 bits per heavy atom. The molecule has 4 rings (SSSR count). The van der Waals surface area contributed by atoms with Gasteiger partial charge in [0.1, 0.15) is 22.5 Å². The van der Waals surface area contributed by atoms with Crippen molar-refractivity contribution in [1.29, 1.82) is 5.26 Å². The minimum Gasteiger partial charge on any atom is -0.321 e. The molecule has 0 bridgehead atoms. The number of carbonyl (C=O) groups is 2. The first-order valence-corrected chi connectivity index (χ1v) is 11.6. The molecular weight excluding hydrogens is 473 g/mol. The molecule has 1 aliphatic rings. The monoisotopic (exact) mass is 491 g/mol. The summed E-state index contributed by atoms with van der Waals surface area (Å²) in [6.45, 7) is 1.98. The van der Waals surface area contributed by atoms with Crippen LogP contribution >= 0.6 is 23.4 Å². The minimum atomic E-state index is -0.650. The standard InChI is InChI=1S/C26H19ClFN3O2S/c1-16-2-4-17(5-3-16)14-23-25(33)31(21-12-8-19(28)9-13-21)26(34-23)22(15-29)24(32)30-20-10-6-18(27)7-11-20/h2-13,23H,14H2,1H3,(H,30,32)/b26-22-. The number of carbonyl (C=O) groups excluding carboxylic acids is 2. The summed E-state index contributed by atoms with van der Waals surface area (Å²) in [6.07, 6.45) is 0.419. The lowest BCUT2D eigenvalue weighted by Gasteiger charge is -2.18. The first-order valence-electron chi connectivity index (χ1n) is 10.4. The number of rotatable bonds is 5. The Labute approximate surface area is 205 Å².